The first kappa shape index (κ1) is 36.1. The largest absolute Gasteiger partial charge is 0.208 e. The zero-order chi connectivity index (χ0) is 41.0. The molecule has 0 N–H and O–H groups in total. The summed E-state index contributed by atoms with van der Waals surface area (Å²) in [4.78, 5) is 16.3. The van der Waals surface area contributed by atoms with Crippen molar-refractivity contribution in [2.45, 2.75) is 5.41 Å². The quantitative estimate of drug-likeness (QED) is 0.161. The molecule has 0 fully saturated rings. The van der Waals surface area contributed by atoms with Gasteiger partial charge < -0.3 is 0 Å². The van der Waals surface area contributed by atoms with Crippen LogP contribution >= 0.6 is 11.3 Å². The first-order chi connectivity index (χ1) is 30.8. The maximum Gasteiger partial charge on any atom is 0.164 e. The van der Waals surface area contributed by atoms with Gasteiger partial charge in [0.25, 0.3) is 0 Å². The van der Waals surface area contributed by atoms with E-state index in [4.69, 9.17) is 15.0 Å². The Hall–Kier alpha value is -7.79. The molecule has 62 heavy (non-hydrogen) atoms. The van der Waals surface area contributed by atoms with Crippen LogP contribution in [0.3, 0.4) is 0 Å². The highest BCUT2D eigenvalue weighted by Crippen LogP contribution is 2.58. The van der Waals surface area contributed by atoms with E-state index in [9.17, 15) is 0 Å². The van der Waals surface area contributed by atoms with E-state index in [1.807, 2.05) is 11.3 Å². The van der Waals surface area contributed by atoms with Gasteiger partial charge in [-0.2, -0.15) is 0 Å². The Labute approximate surface area is 364 Å². The van der Waals surface area contributed by atoms with Crippen LogP contribution in [0.5, 0.6) is 0 Å². The second-order valence-electron chi connectivity index (χ2n) is 15.8. The molecule has 0 unspecified atom stereocenters. The molecule has 1 aliphatic carbocycles. The number of benzene rings is 9. The van der Waals surface area contributed by atoms with Crippen LogP contribution in [0.1, 0.15) is 22.3 Å². The van der Waals surface area contributed by atoms with Gasteiger partial charge >= 0.3 is 0 Å². The number of thiophene rings is 1. The molecule has 0 aliphatic heterocycles. The smallest absolute Gasteiger partial charge is 0.164 e. The highest BCUT2D eigenvalue weighted by atomic mass is 32.1. The lowest BCUT2D eigenvalue weighted by Gasteiger charge is -2.35. The summed E-state index contributed by atoms with van der Waals surface area (Å²) in [5.74, 6) is 1.88. The molecule has 11 aromatic rings. The lowest BCUT2D eigenvalue weighted by Crippen LogP contribution is -2.29. The van der Waals surface area contributed by atoms with Crippen molar-refractivity contribution >= 4 is 31.5 Å². The second-order valence-corrected chi connectivity index (χ2v) is 16.9. The van der Waals surface area contributed by atoms with Gasteiger partial charge in [0, 0.05) is 36.9 Å². The van der Waals surface area contributed by atoms with Crippen molar-refractivity contribution in [1.82, 2.24) is 15.0 Å². The van der Waals surface area contributed by atoms with Crippen LogP contribution in [0.4, 0.5) is 0 Å². The Kier molecular flexibility index (Phi) is 8.58. The first-order valence-corrected chi connectivity index (χ1v) is 21.8. The van der Waals surface area contributed by atoms with Crippen molar-refractivity contribution < 1.29 is 0 Å². The summed E-state index contributed by atoms with van der Waals surface area (Å²) in [6.45, 7) is 0. The van der Waals surface area contributed by atoms with Gasteiger partial charge in [0.05, 0.1) is 5.41 Å². The Morgan fingerprint density at radius 2 is 0.790 bits per heavy atom. The molecule has 12 rings (SSSR count). The minimum Gasteiger partial charge on any atom is -0.208 e. The van der Waals surface area contributed by atoms with Gasteiger partial charge in [-0.05, 0) is 67.8 Å². The van der Waals surface area contributed by atoms with Gasteiger partial charge in [0.2, 0.25) is 0 Å². The molecule has 0 bridgehead atoms. The van der Waals surface area contributed by atoms with Crippen molar-refractivity contribution in [3.63, 3.8) is 0 Å². The third-order valence-electron chi connectivity index (χ3n) is 12.5. The van der Waals surface area contributed by atoms with Crippen LogP contribution in [0.25, 0.3) is 87.7 Å². The maximum absolute atomic E-state index is 5.48. The predicted octanol–water partition coefficient (Wildman–Crippen LogP) is 14.9. The highest BCUT2D eigenvalue weighted by molar-refractivity contribution is 7.25. The molecule has 1 aliphatic rings. The zero-order valence-electron chi connectivity index (χ0n) is 33.6. The number of nitrogens with zero attached hydrogens (tertiary/aromatic N) is 3. The van der Waals surface area contributed by atoms with Gasteiger partial charge in [-0.1, -0.05) is 212 Å². The second kappa shape index (κ2) is 14.7. The van der Waals surface area contributed by atoms with Crippen molar-refractivity contribution in [3.05, 3.63) is 247 Å². The summed E-state index contributed by atoms with van der Waals surface area (Å²) in [6.07, 6.45) is 0. The van der Waals surface area contributed by atoms with Crippen LogP contribution in [0, 0.1) is 0 Å². The number of hydrogen-bond donors (Lipinski definition) is 0. The van der Waals surface area contributed by atoms with Crippen molar-refractivity contribution in [3.8, 4) is 67.5 Å². The SMILES string of the molecule is c1ccc(-c2ccccc2-c2nc(-c3ccc(-c4cccc5sc6ccccc6c45)cc3)nc(-c3cccc4c3C(c3ccccc3)(c3ccccc3)c3ccccc3-4)n2)cc1. The molecule has 9 aromatic carbocycles. The van der Waals surface area contributed by atoms with Gasteiger partial charge in [0.15, 0.2) is 17.5 Å². The minimum atomic E-state index is -0.631. The van der Waals surface area contributed by atoms with Crippen LogP contribution < -0.4 is 0 Å². The molecule has 0 spiro atoms. The molecule has 0 saturated heterocycles. The summed E-state index contributed by atoms with van der Waals surface area (Å²) in [7, 11) is 0. The van der Waals surface area contributed by atoms with E-state index < -0.39 is 5.41 Å². The van der Waals surface area contributed by atoms with Gasteiger partial charge in [-0.15, -0.1) is 11.3 Å². The van der Waals surface area contributed by atoms with E-state index in [-0.39, 0.29) is 0 Å². The molecule has 290 valence electrons. The maximum atomic E-state index is 5.48. The third-order valence-corrected chi connectivity index (χ3v) is 13.6. The van der Waals surface area contributed by atoms with Crippen LogP contribution in [-0.2, 0) is 5.41 Å². The summed E-state index contributed by atoms with van der Waals surface area (Å²) < 4.78 is 2.59. The fraction of sp³-hybridized carbons (Fsp3) is 0.0172. The van der Waals surface area contributed by atoms with Gasteiger partial charge in [-0.3, -0.25) is 0 Å². The Balaban J connectivity index is 1.10. The van der Waals surface area contributed by atoms with E-state index in [0.717, 1.165) is 33.4 Å². The highest BCUT2D eigenvalue weighted by Gasteiger charge is 2.47. The minimum absolute atomic E-state index is 0.622. The van der Waals surface area contributed by atoms with Crippen molar-refractivity contribution in [2.75, 3.05) is 0 Å². The molecule has 0 atom stereocenters. The molecule has 2 aromatic heterocycles. The van der Waals surface area contributed by atoms with E-state index in [1.54, 1.807) is 0 Å². The lowest BCUT2D eigenvalue weighted by atomic mass is 9.66. The third kappa shape index (κ3) is 5.68. The van der Waals surface area contributed by atoms with Crippen molar-refractivity contribution in [1.29, 1.82) is 0 Å². The summed E-state index contributed by atoms with van der Waals surface area (Å²) in [6, 6.07) is 80.3. The predicted molar refractivity (Wildman–Crippen MR) is 257 cm³/mol. The molecule has 3 nitrogen and oxygen atoms in total. The summed E-state index contributed by atoms with van der Waals surface area (Å²) in [5.41, 5.74) is 14.0. The molecular formula is C58H37N3S. The Bertz CT molecular complexity index is 3410. The molecule has 4 heteroatoms. The zero-order valence-corrected chi connectivity index (χ0v) is 34.4. The standard InChI is InChI=1S/C58H37N3S/c1-4-18-38(19-5-1)43-24-10-11-26-47(43)56-59-55(40-36-34-39(35-37-40)44-28-17-33-52-53(44)48-27-13-15-32-51(48)62-52)60-57(61-56)49-30-16-29-46-45-25-12-14-31-50(45)58(54(46)49,41-20-6-2-7-21-41)42-22-8-3-9-23-42/h1-37H. The monoisotopic (exact) mass is 807 g/mol. The topological polar surface area (TPSA) is 38.7 Å². The molecule has 0 amide bonds. The Morgan fingerprint density at radius 3 is 1.53 bits per heavy atom. The lowest BCUT2D eigenvalue weighted by molar-refractivity contribution is 0.769. The van der Waals surface area contributed by atoms with Crippen LogP contribution in [-0.4, -0.2) is 15.0 Å². The molecule has 0 saturated carbocycles. The fourth-order valence-electron chi connectivity index (χ4n) is 9.80. The summed E-state index contributed by atoms with van der Waals surface area (Å²) in [5, 5.41) is 2.58. The van der Waals surface area contributed by atoms with E-state index in [0.29, 0.717) is 17.5 Å². The number of aromatic nitrogens is 3. The molecule has 0 radical (unpaired) electrons. The van der Waals surface area contributed by atoms with E-state index in [2.05, 4.69) is 224 Å². The molecular weight excluding hydrogens is 771 g/mol. The summed E-state index contributed by atoms with van der Waals surface area (Å²) >= 11 is 1.84. The average Bonchev–Trinajstić information content (AvgIpc) is 3.89. The van der Waals surface area contributed by atoms with Crippen LogP contribution in [0.15, 0.2) is 224 Å². The van der Waals surface area contributed by atoms with Crippen LogP contribution in [0.2, 0.25) is 0 Å². The number of hydrogen-bond acceptors (Lipinski definition) is 4. The van der Waals surface area contributed by atoms with E-state index >= 15 is 0 Å². The van der Waals surface area contributed by atoms with Gasteiger partial charge in [-0.25, -0.2) is 15.0 Å². The van der Waals surface area contributed by atoms with E-state index in [1.165, 1.54) is 59.1 Å². The number of fused-ring (bicyclic) bond motifs is 6. The van der Waals surface area contributed by atoms with Gasteiger partial charge in [0.1, 0.15) is 0 Å². The molecule has 2 heterocycles. The number of rotatable bonds is 7. The fourth-order valence-corrected chi connectivity index (χ4v) is 10.9. The van der Waals surface area contributed by atoms with Crippen molar-refractivity contribution in [2.24, 2.45) is 0 Å². The average molecular weight is 808 g/mol. The normalized spacial score (nSPS) is 12.6. The Morgan fingerprint density at radius 1 is 0.306 bits per heavy atom. The first-order valence-electron chi connectivity index (χ1n) is 21.0.